The Bertz CT molecular complexity index is 348. The summed E-state index contributed by atoms with van der Waals surface area (Å²) in [5.74, 6) is -0.897. The lowest BCUT2D eigenvalue weighted by molar-refractivity contribution is -0.139. The topological polar surface area (TPSA) is 56.3 Å². The zero-order chi connectivity index (χ0) is 10.6. The molecule has 0 spiro atoms. The minimum Gasteiger partial charge on any atom is -0.469 e. The Morgan fingerprint density at radius 2 is 2.21 bits per heavy atom. The molecule has 0 aliphatic rings. The van der Waals surface area contributed by atoms with E-state index in [0.29, 0.717) is 10.7 Å². The zero-order valence-electron chi connectivity index (χ0n) is 7.49. The van der Waals surface area contributed by atoms with Gasteiger partial charge in [-0.2, -0.15) is 0 Å². The maximum Gasteiger partial charge on any atom is 0.313 e. The minimum atomic E-state index is -0.565. The van der Waals surface area contributed by atoms with Crippen molar-refractivity contribution in [2.24, 2.45) is 0 Å². The average Bonchev–Trinajstić information content (AvgIpc) is 2.18. The summed E-state index contributed by atoms with van der Waals surface area (Å²) in [6.45, 7) is 0. The number of hydrogen-bond donors (Lipinski definition) is 0. The van der Waals surface area contributed by atoms with Gasteiger partial charge in [-0.05, 0) is 12.1 Å². The van der Waals surface area contributed by atoms with E-state index in [-0.39, 0.29) is 12.2 Å². The van der Waals surface area contributed by atoms with Gasteiger partial charge in [-0.1, -0.05) is 11.6 Å². The molecule has 14 heavy (non-hydrogen) atoms. The lowest BCUT2D eigenvalue weighted by Crippen LogP contribution is -2.09. The van der Waals surface area contributed by atoms with Crippen LogP contribution >= 0.6 is 11.6 Å². The number of hydrogen-bond acceptors (Lipinski definition) is 4. The summed E-state index contributed by atoms with van der Waals surface area (Å²) in [6.07, 6.45) is 1.05. The van der Waals surface area contributed by atoms with Gasteiger partial charge in [-0.15, -0.1) is 0 Å². The minimum absolute atomic E-state index is 0.278. The molecule has 0 radical (unpaired) electrons. The van der Waals surface area contributed by atoms with Crippen molar-refractivity contribution in [2.75, 3.05) is 7.11 Å². The predicted octanol–water partition coefficient (Wildman–Crippen LogP) is 1.48. The molecule has 0 aliphatic heterocycles. The van der Waals surface area contributed by atoms with Crippen LogP contribution in [0.5, 0.6) is 0 Å². The van der Waals surface area contributed by atoms with Crippen LogP contribution in [0.1, 0.15) is 16.8 Å². The van der Waals surface area contributed by atoms with Crippen LogP contribution in [0.3, 0.4) is 0 Å². The lowest BCUT2D eigenvalue weighted by atomic mass is 10.1. The number of pyridine rings is 1. The lowest BCUT2D eigenvalue weighted by Gasteiger charge is -1.98. The van der Waals surface area contributed by atoms with Crippen LogP contribution in [0.25, 0.3) is 0 Å². The number of halogens is 1. The van der Waals surface area contributed by atoms with Gasteiger partial charge >= 0.3 is 5.97 Å². The zero-order valence-corrected chi connectivity index (χ0v) is 8.25. The first-order valence-corrected chi connectivity index (χ1v) is 4.23. The molecular formula is C9H8ClNO3. The first-order valence-electron chi connectivity index (χ1n) is 3.85. The van der Waals surface area contributed by atoms with Crippen molar-refractivity contribution < 1.29 is 14.3 Å². The second-order valence-corrected chi connectivity index (χ2v) is 2.93. The highest BCUT2D eigenvalue weighted by Crippen LogP contribution is 2.07. The van der Waals surface area contributed by atoms with Crippen molar-refractivity contribution in [2.45, 2.75) is 6.42 Å². The Balaban J connectivity index is 2.70. The van der Waals surface area contributed by atoms with Crippen LogP contribution in [0, 0.1) is 0 Å². The number of ether oxygens (including phenoxy) is 1. The third-order valence-corrected chi connectivity index (χ3v) is 1.81. The number of aromatic nitrogens is 1. The van der Waals surface area contributed by atoms with Gasteiger partial charge in [-0.3, -0.25) is 9.59 Å². The second kappa shape index (κ2) is 4.72. The molecule has 1 aromatic heterocycles. The molecular weight excluding hydrogens is 206 g/mol. The summed E-state index contributed by atoms with van der Waals surface area (Å²) in [5, 5.41) is 0.305. The van der Waals surface area contributed by atoms with Crippen LogP contribution in [-0.2, 0) is 9.53 Å². The van der Waals surface area contributed by atoms with Crippen molar-refractivity contribution >= 4 is 23.4 Å². The van der Waals surface area contributed by atoms with Crippen molar-refractivity contribution in [1.82, 2.24) is 4.98 Å². The molecule has 0 fully saturated rings. The van der Waals surface area contributed by atoms with E-state index in [2.05, 4.69) is 9.72 Å². The first-order chi connectivity index (χ1) is 6.63. The maximum atomic E-state index is 11.3. The van der Waals surface area contributed by atoms with Gasteiger partial charge in [0.15, 0.2) is 5.78 Å². The van der Waals surface area contributed by atoms with Gasteiger partial charge in [0.05, 0.1) is 7.11 Å². The van der Waals surface area contributed by atoms with Gasteiger partial charge in [0.1, 0.15) is 11.6 Å². The van der Waals surface area contributed by atoms with E-state index in [1.54, 1.807) is 0 Å². The van der Waals surface area contributed by atoms with E-state index in [9.17, 15) is 9.59 Å². The Morgan fingerprint density at radius 1 is 1.50 bits per heavy atom. The summed E-state index contributed by atoms with van der Waals surface area (Å²) in [7, 11) is 1.23. The molecule has 0 unspecified atom stereocenters. The third-order valence-electron chi connectivity index (χ3n) is 1.58. The summed E-state index contributed by atoms with van der Waals surface area (Å²) in [4.78, 5) is 25.8. The molecule has 0 saturated carbocycles. The molecule has 4 nitrogen and oxygen atoms in total. The van der Waals surface area contributed by atoms with Crippen molar-refractivity contribution in [1.29, 1.82) is 0 Å². The molecule has 0 saturated heterocycles. The summed E-state index contributed by atoms with van der Waals surface area (Å²) in [6, 6.07) is 3.01. The standard InChI is InChI=1S/C9H8ClNO3/c1-14-9(13)4-7(12)6-2-3-8(10)11-5-6/h2-3,5H,4H2,1H3. The number of carbonyl (C=O) groups excluding carboxylic acids is 2. The number of ketones is 1. The molecule has 0 atom stereocenters. The molecule has 5 heteroatoms. The van der Waals surface area contributed by atoms with E-state index >= 15 is 0 Å². The molecule has 1 rings (SSSR count). The smallest absolute Gasteiger partial charge is 0.313 e. The van der Waals surface area contributed by atoms with Gasteiger partial charge < -0.3 is 4.74 Å². The Labute approximate surface area is 85.9 Å². The van der Waals surface area contributed by atoms with Crippen LogP contribution < -0.4 is 0 Å². The molecule has 0 bridgehead atoms. The first kappa shape index (κ1) is 10.7. The molecule has 0 aliphatic carbocycles. The highest BCUT2D eigenvalue weighted by atomic mass is 35.5. The Hall–Kier alpha value is -1.42. The highest BCUT2D eigenvalue weighted by Gasteiger charge is 2.11. The quantitative estimate of drug-likeness (QED) is 0.330. The predicted molar refractivity (Wildman–Crippen MR) is 50.2 cm³/mol. The van der Waals surface area contributed by atoms with E-state index in [1.165, 1.54) is 25.4 Å². The highest BCUT2D eigenvalue weighted by molar-refractivity contribution is 6.29. The molecule has 0 amide bonds. The van der Waals surface area contributed by atoms with E-state index in [4.69, 9.17) is 11.6 Å². The van der Waals surface area contributed by atoms with E-state index in [1.807, 2.05) is 0 Å². The Morgan fingerprint density at radius 3 is 2.71 bits per heavy atom. The van der Waals surface area contributed by atoms with Gasteiger partial charge in [-0.25, -0.2) is 4.98 Å². The maximum absolute atomic E-state index is 11.3. The van der Waals surface area contributed by atoms with Crippen molar-refractivity contribution in [3.8, 4) is 0 Å². The summed E-state index contributed by atoms with van der Waals surface area (Å²) < 4.78 is 4.36. The van der Waals surface area contributed by atoms with Crippen LogP contribution in [0.2, 0.25) is 5.15 Å². The fraction of sp³-hybridized carbons (Fsp3) is 0.222. The Kier molecular flexibility index (Phi) is 3.59. The molecule has 0 N–H and O–H groups in total. The van der Waals surface area contributed by atoms with Gasteiger partial charge in [0.25, 0.3) is 0 Å². The SMILES string of the molecule is COC(=O)CC(=O)c1ccc(Cl)nc1. The van der Waals surface area contributed by atoms with Crippen molar-refractivity contribution in [3.63, 3.8) is 0 Å². The molecule has 74 valence electrons. The monoisotopic (exact) mass is 213 g/mol. The molecule has 1 heterocycles. The van der Waals surface area contributed by atoms with Crippen molar-refractivity contribution in [3.05, 3.63) is 29.0 Å². The number of nitrogens with zero attached hydrogens (tertiary/aromatic N) is 1. The third kappa shape index (κ3) is 2.81. The number of rotatable bonds is 3. The fourth-order valence-electron chi connectivity index (χ4n) is 0.846. The summed E-state index contributed by atoms with van der Waals surface area (Å²) in [5.41, 5.74) is 0.347. The summed E-state index contributed by atoms with van der Waals surface area (Å²) >= 11 is 5.54. The van der Waals surface area contributed by atoms with Crippen LogP contribution in [0.4, 0.5) is 0 Å². The molecule has 1 aromatic rings. The number of carbonyl (C=O) groups is 2. The number of Topliss-reactive ketones (excluding diaryl/α,β-unsaturated/α-hetero) is 1. The van der Waals surface area contributed by atoms with E-state index < -0.39 is 5.97 Å². The van der Waals surface area contributed by atoms with Gasteiger partial charge in [0, 0.05) is 11.8 Å². The number of methoxy groups -OCH3 is 1. The average molecular weight is 214 g/mol. The largest absolute Gasteiger partial charge is 0.469 e. The fourth-order valence-corrected chi connectivity index (χ4v) is 0.958. The second-order valence-electron chi connectivity index (χ2n) is 2.55. The van der Waals surface area contributed by atoms with E-state index in [0.717, 1.165) is 0 Å². The van der Waals surface area contributed by atoms with Crippen LogP contribution in [0.15, 0.2) is 18.3 Å². The normalized spacial score (nSPS) is 9.57. The van der Waals surface area contributed by atoms with Gasteiger partial charge in [0.2, 0.25) is 0 Å². The molecule has 0 aromatic carbocycles. The van der Waals surface area contributed by atoms with Crippen LogP contribution in [-0.4, -0.2) is 23.8 Å². The number of esters is 1.